The zero-order valence-corrected chi connectivity index (χ0v) is 14.7. The van der Waals surface area contributed by atoms with E-state index in [2.05, 4.69) is 10.2 Å². The van der Waals surface area contributed by atoms with Gasteiger partial charge in [0, 0.05) is 19.6 Å². The van der Waals surface area contributed by atoms with E-state index in [4.69, 9.17) is 0 Å². The summed E-state index contributed by atoms with van der Waals surface area (Å²) in [5, 5.41) is 3.13. The fourth-order valence-electron chi connectivity index (χ4n) is 3.37. The van der Waals surface area contributed by atoms with Gasteiger partial charge in [0.25, 0.3) is 0 Å². The molecule has 126 valence electrons. The summed E-state index contributed by atoms with van der Waals surface area (Å²) in [6.45, 7) is 3.45. The normalized spacial score (nSPS) is 24.3. The molecular formula is C16H29N3O2S. The minimum absolute atomic E-state index is 0.0528. The first-order chi connectivity index (χ1) is 10.6. The highest BCUT2D eigenvalue weighted by Gasteiger charge is 2.27. The number of carbonyl (C=O) groups is 2. The minimum atomic E-state index is 0.0528. The van der Waals surface area contributed by atoms with E-state index in [-0.39, 0.29) is 17.9 Å². The van der Waals surface area contributed by atoms with Crippen LogP contribution in [-0.4, -0.2) is 72.9 Å². The molecule has 0 aromatic carbocycles. The fourth-order valence-corrected chi connectivity index (χ4v) is 3.80. The first-order valence-electron chi connectivity index (χ1n) is 8.36. The molecule has 1 atom stereocenters. The van der Waals surface area contributed by atoms with Crippen LogP contribution >= 0.6 is 11.8 Å². The van der Waals surface area contributed by atoms with E-state index in [1.54, 1.807) is 11.8 Å². The fraction of sp³-hybridized carbons (Fsp3) is 0.875. The maximum absolute atomic E-state index is 12.3. The third kappa shape index (κ3) is 4.88. The average molecular weight is 327 g/mol. The zero-order valence-electron chi connectivity index (χ0n) is 13.8. The Morgan fingerprint density at radius 1 is 1.14 bits per heavy atom. The third-order valence-corrected chi connectivity index (χ3v) is 5.41. The van der Waals surface area contributed by atoms with Crippen molar-refractivity contribution in [2.45, 2.75) is 38.1 Å². The number of nitrogens with zero attached hydrogens (tertiary/aromatic N) is 2. The van der Waals surface area contributed by atoms with Gasteiger partial charge in [-0.2, -0.15) is 11.8 Å². The predicted octanol–water partition coefficient (Wildman–Crippen LogP) is 1.19. The van der Waals surface area contributed by atoms with Gasteiger partial charge >= 0.3 is 0 Å². The molecule has 2 saturated heterocycles. The third-order valence-electron chi connectivity index (χ3n) is 4.87. The molecule has 2 aliphatic heterocycles. The molecule has 0 spiro atoms. The second kappa shape index (κ2) is 8.77. The molecule has 0 radical (unpaired) electrons. The Labute approximate surface area is 138 Å². The topological polar surface area (TPSA) is 52.7 Å². The number of carbonyl (C=O) groups excluding carboxylic acids is 2. The van der Waals surface area contributed by atoms with Crippen molar-refractivity contribution in [2.24, 2.45) is 5.92 Å². The van der Waals surface area contributed by atoms with Gasteiger partial charge in [0.2, 0.25) is 11.8 Å². The van der Waals surface area contributed by atoms with Gasteiger partial charge in [-0.15, -0.1) is 0 Å². The molecule has 22 heavy (non-hydrogen) atoms. The summed E-state index contributed by atoms with van der Waals surface area (Å²) in [4.78, 5) is 28.3. The molecule has 0 aromatic heterocycles. The molecular weight excluding hydrogens is 298 g/mol. The van der Waals surface area contributed by atoms with Crippen LogP contribution in [0.5, 0.6) is 0 Å². The Kier molecular flexibility index (Phi) is 7.02. The van der Waals surface area contributed by atoms with E-state index in [1.165, 1.54) is 6.42 Å². The van der Waals surface area contributed by atoms with Gasteiger partial charge in [0.1, 0.15) is 0 Å². The minimum Gasteiger partial charge on any atom is -0.354 e. The highest BCUT2D eigenvalue weighted by atomic mass is 32.2. The number of hydrogen-bond acceptors (Lipinski definition) is 4. The molecule has 6 heteroatoms. The summed E-state index contributed by atoms with van der Waals surface area (Å²) in [6, 6.07) is 0.0528. The lowest BCUT2D eigenvalue weighted by Gasteiger charge is -2.34. The number of likely N-dealkylation sites (N-methyl/N-ethyl adjacent to an activating group) is 1. The molecule has 1 unspecified atom stereocenters. The summed E-state index contributed by atoms with van der Waals surface area (Å²) in [6.07, 6.45) is 7.29. The lowest BCUT2D eigenvalue weighted by molar-refractivity contribution is -0.130. The molecule has 2 aliphatic rings. The number of nitrogens with one attached hydrogen (secondary N) is 1. The largest absolute Gasteiger partial charge is 0.354 e. The lowest BCUT2D eigenvalue weighted by atomic mass is 9.96. The molecule has 5 nitrogen and oxygen atoms in total. The first kappa shape index (κ1) is 17.6. The molecule has 2 amide bonds. The smallest absolute Gasteiger partial charge is 0.237 e. The van der Waals surface area contributed by atoms with Gasteiger partial charge in [-0.25, -0.2) is 0 Å². The van der Waals surface area contributed by atoms with Crippen molar-refractivity contribution < 1.29 is 9.59 Å². The van der Waals surface area contributed by atoms with E-state index < -0.39 is 0 Å². The predicted molar refractivity (Wildman–Crippen MR) is 91.0 cm³/mol. The van der Waals surface area contributed by atoms with Crippen LogP contribution in [0.1, 0.15) is 32.1 Å². The highest BCUT2D eigenvalue weighted by molar-refractivity contribution is 7.99. The van der Waals surface area contributed by atoms with Crippen LogP contribution in [0.4, 0.5) is 0 Å². The first-order valence-corrected chi connectivity index (χ1v) is 9.76. The lowest BCUT2D eigenvalue weighted by Crippen LogP contribution is -2.49. The molecule has 0 aliphatic carbocycles. The van der Waals surface area contributed by atoms with Gasteiger partial charge in [0.15, 0.2) is 0 Å². The van der Waals surface area contributed by atoms with Gasteiger partial charge in [0.05, 0.1) is 11.8 Å². The van der Waals surface area contributed by atoms with Crippen molar-refractivity contribution in [3.05, 3.63) is 0 Å². The quantitative estimate of drug-likeness (QED) is 0.824. The summed E-state index contributed by atoms with van der Waals surface area (Å²) < 4.78 is 0. The molecule has 1 N–H and O–H groups in total. The number of likely N-dealkylation sites (tertiary alicyclic amines) is 2. The second-order valence-electron chi connectivity index (χ2n) is 6.49. The number of thioether (sulfide) groups is 1. The Morgan fingerprint density at radius 2 is 1.86 bits per heavy atom. The Hall–Kier alpha value is -0.750. The van der Waals surface area contributed by atoms with Crippen molar-refractivity contribution in [3.63, 3.8) is 0 Å². The van der Waals surface area contributed by atoms with Crippen molar-refractivity contribution in [3.8, 4) is 0 Å². The van der Waals surface area contributed by atoms with Crippen LogP contribution in [0.15, 0.2) is 0 Å². The number of piperidine rings is 2. The molecule has 2 heterocycles. The molecule has 0 aromatic rings. The van der Waals surface area contributed by atoms with E-state index in [9.17, 15) is 9.59 Å². The number of amides is 2. The van der Waals surface area contributed by atoms with E-state index >= 15 is 0 Å². The SMILES string of the molecule is CSCC(=O)N1CCC(CNC(=O)C2CCCCN2C)CC1. The van der Waals surface area contributed by atoms with Gasteiger partial charge in [-0.3, -0.25) is 14.5 Å². The van der Waals surface area contributed by atoms with Crippen LogP contribution in [-0.2, 0) is 9.59 Å². The van der Waals surface area contributed by atoms with E-state index in [0.29, 0.717) is 11.7 Å². The monoisotopic (exact) mass is 327 g/mol. The summed E-state index contributed by atoms with van der Waals surface area (Å²) >= 11 is 1.58. The zero-order chi connectivity index (χ0) is 15.9. The van der Waals surface area contributed by atoms with Crippen molar-refractivity contribution in [2.75, 3.05) is 45.2 Å². The van der Waals surface area contributed by atoms with Crippen LogP contribution in [0.3, 0.4) is 0 Å². The van der Waals surface area contributed by atoms with Gasteiger partial charge < -0.3 is 10.2 Å². The highest BCUT2D eigenvalue weighted by Crippen LogP contribution is 2.18. The Morgan fingerprint density at radius 3 is 2.50 bits per heavy atom. The maximum atomic E-state index is 12.3. The Balaban J connectivity index is 1.68. The second-order valence-corrected chi connectivity index (χ2v) is 7.36. The van der Waals surface area contributed by atoms with Crippen molar-refractivity contribution in [1.29, 1.82) is 0 Å². The number of hydrogen-bond donors (Lipinski definition) is 1. The van der Waals surface area contributed by atoms with Crippen LogP contribution < -0.4 is 5.32 Å². The Bertz CT molecular complexity index is 384. The van der Waals surface area contributed by atoms with Crippen molar-refractivity contribution in [1.82, 2.24) is 15.1 Å². The summed E-state index contributed by atoms with van der Waals surface area (Å²) in [5.74, 6) is 1.52. The van der Waals surface area contributed by atoms with Crippen LogP contribution in [0, 0.1) is 5.92 Å². The van der Waals surface area contributed by atoms with Crippen molar-refractivity contribution >= 4 is 23.6 Å². The molecule has 2 fully saturated rings. The summed E-state index contributed by atoms with van der Waals surface area (Å²) in [7, 11) is 2.04. The summed E-state index contributed by atoms with van der Waals surface area (Å²) in [5.41, 5.74) is 0. The van der Waals surface area contributed by atoms with Gasteiger partial charge in [-0.1, -0.05) is 6.42 Å². The van der Waals surface area contributed by atoms with E-state index in [0.717, 1.165) is 51.9 Å². The molecule has 0 bridgehead atoms. The average Bonchev–Trinajstić information content (AvgIpc) is 2.54. The van der Waals surface area contributed by atoms with Crippen LogP contribution in [0.2, 0.25) is 0 Å². The van der Waals surface area contributed by atoms with Gasteiger partial charge in [-0.05, 0) is 51.4 Å². The van der Waals surface area contributed by atoms with E-state index in [1.807, 2.05) is 18.2 Å². The molecule has 0 saturated carbocycles. The number of rotatable bonds is 5. The maximum Gasteiger partial charge on any atom is 0.237 e. The standard InChI is InChI=1S/C16H29N3O2S/c1-18-8-4-3-5-14(18)16(21)17-11-13-6-9-19(10-7-13)15(20)12-22-2/h13-14H,3-12H2,1-2H3,(H,17,21). The molecule has 2 rings (SSSR count). The van der Waals surface area contributed by atoms with Crippen LogP contribution in [0.25, 0.3) is 0 Å².